The van der Waals surface area contributed by atoms with Gasteiger partial charge in [-0.15, -0.1) is 0 Å². The van der Waals surface area contributed by atoms with E-state index >= 15 is 0 Å². The van der Waals surface area contributed by atoms with Crippen molar-refractivity contribution >= 4 is 58.0 Å². The first kappa shape index (κ1) is 29.4. The Labute approximate surface area is 232 Å². The van der Waals surface area contributed by atoms with Gasteiger partial charge in [0.1, 0.15) is 0 Å². The van der Waals surface area contributed by atoms with Gasteiger partial charge in [0.05, 0.1) is 34.1 Å². The predicted molar refractivity (Wildman–Crippen MR) is 176 cm³/mol. The van der Waals surface area contributed by atoms with E-state index in [1.54, 1.807) is 0 Å². The van der Waals surface area contributed by atoms with Crippen LogP contribution in [-0.2, 0) is 0 Å². The van der Waals surface area contributed by atoms with E-state index in [0.29, 0.717) is 0 Å². The lowest BCUT2D eigenvalue weighted by molar-refractivity contribution is 1.05. The molecule has 7 heteroatoms. The summed E-state index contributed by atoms with van der Waals surface area (Å²) < 4.78 is 0. The maximum absolute atomic E-state index is 2.37. The minimum absolute atomic E-state index is 0.892. The van der Waals surface area contributed by atoms with E-state index in [1.807, 2.05) is 0 Å². The van der Waals surface area contributed by atoms with E-state index in [0.717, 1.165) is 0 Å². The first-order valence-electron chi connectivity index (χ1n) is 13.0. The third-order valence-electron chi connectivity index (χ3n) is 6.81. The molecule has 0 N–H and O–H groups in total. The van der Waals surface area contributed by atoms with Crippen molar-refractivity contribution < 1.29 is 0 Å². The molecule has 206 valence electrons. The predicted octanol–water partition coefficient (Wildman–Crippen LogP) is 4.15. The standard InChI is InChI=1S/C31H47N6P/c1-22-16-14-15-17-25(22)38(26-20-18-23(32(2)3)28(34(6)7)30(26)36(10)11)27-21-19-24(33(4)5)29(35(8)9)31(27)37(12)13/h14-21H,1-13H3. The normalized spacial score (nSPS) is 11.0. The van der Waals surface area contributed by atoms with Crippen LogP contribution in [0.2, 0.25) is 0 Å². The molecule has 0 fully saturated rings. The topological polar surface area (TPSA) is 19.4 Å². The molecule has 0 aliphatic carbocycles. The zero-order valence-corrected chi connectivity index (χ0v) is 26.6. The maximum Gasteiger partial charge on any atom is 0.0843 e. The van der Waals surface area contributed by atoms with Gasteiger partial charge in [-0.3, -0.25) is 0 Å². The number of rotatable bonds is 9. The van der Waals surface area contributed by atoms with Gasteiger partial charge in [-0.25, -0.2) is 0 Å². The average Bonchev–Trinajstić information content (AvgIpc) is 2.83. The highest BCUT2D eigenvalue weighted by Gasteiger charge is 2.30. The molecule has 0 heterocycles. The van der Waals surface area contributed by atoms with Gasteiger partial charge in [0.2, 0.25) is 0 Å². The molecular weight excluding hydrogens is 487 g/mol. The first-order valence-corrected chi connectivity index (χ1v) is 14.4. The summed E-state index contributed by atoms with van der Waals surface area (Å²) in [7, 11) is 24.9. The second-order valence-corrected chi connectivity index (χ2v) is 13.2. The van der Waals surface area contributed by atoms with Crippen LogP contribution in [0.25, 0.3) is 0 Å². The first-order chi connectivity index (χ1) is 17.8. The molecule has 3 aromatic carbocycles. The van der Waals surface area contributed by atoms with Crippen molar-refractivity contribution in [2.24, 2.45) is 0 Å². The number of anilines is 6. The lowest BCUT2D eigenvalue weighted by atomic mass is 10.2. The largest absolute Gasteiger partial charge is 0.376 e. The van der Waals surface area contributed by atoms with E-state index in [1.165, 1.54) is 55.6 Å². The molecular formula is C31H47N6P. The van der Waals surface area contributed by atoms with Crippen molar-refractivity contribution in [3.05, 3.63) is 54.1 Å². The molecule has 38 heavy (non-hydrogen) atoms. The van der Waals surface area contributed by atoms with Gasteiger partial charge >= 0.3 is 0 Å². The molecule has 3 aromatic rings. The molecule has 0 amide bonds. The third kappa shape index (κ3) is 5.51. The SMILES string of the molecule is Cc1ccccc1P(c1ccc(N(C)C)c(N(C)C)c1N(C)C)c1ccc(N(C)C)c(N(C)C)c1N(C)C. The molecule has 0 saturated heterocycles. The fourth-order valence-corrected chi connectivity index (χ4v) is 8.09. The van der Waals surface area contributed by atoms with E-state index in [2.05, 4.69) is 169 Å². The molecule has 3 rings (SSSR count). The highest BCUT2D eigenvalue weighted by atomic mass is 31.1. The Morgan fingerprint density at radius 3 is 1.08 bits per heavy atom. The van der Waals surface area contributed by atoms with Gasteiger partial charge in [-0.2, -0.15) is 0 Å². The highest BCUT2D eigenvalue weighted by molar-refractivity contribution is 7.80. The van der Waals surface area contributed by atoms with E-state index in [-0.39, 0.29) is 0 Å². The summed E-state index contributed by atoms with van der Waals surface area (Å²) in [5, 5.41) is 4.11. The van der Waals surface area contributed by atoms with Crippen LogP contribution < -0.4 is 45.3 Å². The van der Waals surface area contributed by atoms with Crippen LogP contribution >= 0.6 is 7.92 Å². The van der Waals surface area contributed by atoms with Crippen molar-refractivity contribution in [3.63, 3.8) is 0 Å². The van der Waals surface area contributed by atoms with Crippen LogP contribution in [0.1, 0.15) is 5.56 Å². The fourth-order valence-electron chi connectivity index (χ4n) is 5.17. The fraction of sp³-hybridized carbons (Fsp3) is 0.419. The molecule has 0 saturated carbocycles. The molecule has 0 aromatic heterocycles. The Balaban J connectivity index is 2.56. The minimum Gasteiger partial charge on any atom is -0.376 e. The summed E-state index contributed by atoms with van der Waals surface area (Å²) in [5.74, 6) is 0. The molecule has 6 nitrogen and oxygen atoms in total. The molecule has 0 atom stereocenters. The summed E-state index contributed by atoms with van der Waals surface area (Å²) in [6.07, 6.45) is 0. The number of hydrogen-bond acceptors (Lipinski definition) is 6. The Bertz CT molecular complexity index is 1190. The lowest BCUT2D eigenvalue weighted by Crippen LogP contribution is -2.33. The van der Waals surface area contributed by atoms with E-state index < -0.39 is 7.92 Å². The summed E-state index contributed by atoms with van der Waals surface area (Å²) in [6.45, 7) is 2.25. The number of benzene rings is 3. The van der Waals surface area contributed by atoms with Crippen molar-refractivity contribution in [2.75, 3.05) is 114 Å². The minimum atomic E-state index is -0.892. The summed E-state index contributed by atoms with van der Waals surface area (Å²) in [6, 6.07) is 18.2. The van der Waals surface area contributed by atoms with Gasteiger partial charge < -0.3 is 29.4 Å². The Hall–Kier alpha value is -3.11. The second kappa shape index (κ2) is 11.7. The highest BCUT2D eigenvalue weighted by Crippen LogP contribution is 2.48. The van der Waals surface area contributed by atoms with Crippen LogP contribution in [0.3, 0.4) is 0 Å². The van der Waals surface area contributed by atoms with Crippen LogP contribution in [0, 0.1) is 6.92 Å². The van der Waals surface area contributed by atoms with Crippen LogP contribution in [0.5, 0.6) is 0 Å². The number of aryl methyl sites for hydroxylation is 1. The Morgan fingerprint density at radius 1 is 0.395 bits per heavy atom. The number of nitrogens with zero attached hydrogens (tertiary/aromatic N) is 6. The molecule has 0 aliphatic heterocycles. The zero-order valence-electron chi connectivity index (χ0n) is 25.7. The van der Waals surface area contributed by atoms with E-state index in [4.69, 9.17) is 0 Å². The van der Waals surface area contributed by atoms with Crippen LogP contribution in [0.4, 0.5) is 34.1 Å². The van der Waals surface area contributed by atoms with Crippen molar-refractivity contribution in [1.82, 2.24) is 0 Å². The lowest BCUT2D eigenvalue weighted by Gasteiger charge is -2.36. The maximum atomic E-state index is 2.37. The molecule has 0 radical (unpaired) electrons. The van der Waals surface area contributed by atoms with Gasteiger partial charge in [0.15, 0.2) is 0 Å². The monoisotopic (exact) mass is 534 g/mol. The zero-order chi connectivity index (χ0) is 28.5. The summed E-state index contributed by atoms with van der Waals surface area (Å²) in [5.41, 5.74) is 8.76. The third-order valence-corrected chi connectivity index (χ3v) is 9.48. The van der Waals surface area contributed by atoms with Crippen molar-refractivity contribution in [2.45, 2.75) is 6.92 Å². The van der Waals surface area contributed by atoms with Crippen molar-refractivity contribution in [3.8, 4) is 0 Å². The van der Waals surface area contributed by atoms with Crippen molar-refractivity contribution in [1.29, 1.82) is 0 Å². The Kier molecular flexibility index (Phi) is 9.09. The van der Waals surface area contributed by atoms with Gasteiger partial charge in [-0.05, 0) is 50.0 Å². The molecule has 0 bridgehead atoms. The Morgan fingerprint density at radius 2 is 0.763 bits per heavy atom. The molecule has 0 spiro atoms. The second-order valence-electron chi connectivity index (χ2n) is 11.1. The summed E-state index contributed by atoms with van der Waals surface area (Å²) in [4.78, 5) is 13.5. The molecule has 0 unspecified atom stereocenters. The van der Waals surface area contributed by atoms with Crippen LogP contribution in [-0.4, -0.2) is 84.6 Å². The van der Waals surface area contributed by atoms with Crippen LogP contribution in [0.15, 0.2) is 48.5 Å². The van der Waals surface area contributed by atoms with Gasteiger partial charge in [-0.1, -0.05) is 24.3 Å². The number of hydrogen-bond donors (Lipinski definition) is 0. The van der Waals surface area contributed by atoms with Gasteiger partial charge in [0, 0.05) is 95.2 Å². The smallest absolute Gasteiger partial charge is 0.0843 e. The summed E-state index contributed by atoms with van der Waals surface area (Å²) >= 11 is 0. The quantitative estimate of drug-likeness (QED) is 0.382. The molecule has 0 aliphatic rings. The average molecular weight is 535 g/mol. The van der Waals surface area contributed by atoms with Gasteiger partial charge in [0.25, 0.3) is 0 Å². The van der Waals surface area contributed by atoms with E-state index in [9.17, 15) is 0 Å².